The Bertz CT molecular complexity index is 767. The summed E-state index contributed by atoms with van der Waals surface area (Å²) in [4.78, 5) is 26.8. The van der Waals surface area contributed by atoms with E-state index in [2.05, 4.69) is 16.4 Å². The molecule has 1 atom stereocenters. The van der Waals surface area contributed by atoms with Gasteiger partial charge in [-0.05, 0) is 30.9 Å². The minimum Gasteiger partial charge on any atom is -0.481 e. The number of methoxy groups -OCH3 is 1. The highest BCUT2D eigenvalue weighted by Gasteiger charge is 2.45. The second-order valence-electron chi connectivity index (χ2n) is 6.20. The number of para-hydroxylation sites is 1. The van der Waals surface area contributed by atoms with Gasteiger partial charge in [-0.25, -0.2) is 4.79 Å². The van der Waals surface area contributed by atoms with Crippen molar-refractivity contribution in [3.63, 3.8) is 0 Å². The number of benzene rings is 1. The quantitative estimate of drug-likeness (QED) is 0.558. The molecule has 0 aliphatic carbocycles. The van der Waals surface area contributed by atoms with Crippen LogP contribution in [-0.4, -0.2) is 35.7 Å². The highest BCUT2D eigenvalue weighted by atomic mass is 16.5. The van der Waals surface area contributed by atoms with Gasteiger partial charge in [-0.2, -0.15) is 0 Å². The lowest BCUT2D eigenvalue weighted by molar-refractivity contribution is -0.150. The van der Waals surface area contributed by atoms with E-state index in [4.69, 9.17) is 9.84 Å². The third-order valence-corrected chi connectivity index (χ3v) is 4.77. The van der Waals surface area contributed by atoms with Crippen molar-refractivity contribution in [2.75, 3.05) is 13.7 Å². The minimum absolute atomic E-state index is 0.108. The van der Waals surface area contributed by atoms with Gasteiger partial charge in [0.05, 0.1) is 12.8 Å². The normalized spacial score (nSPS) is 19.9. The van der Waals surface area contributed by atoms with Gasteiger partial charge in [0.25, 0.3) is 0 Å². The van der Waals surface area contributed by atoms with Crippen molar-refractivity contribution < 1.29 is 19.4 Å². The van der Waals surface area contributed by atoms with E-state index in [1.54, 1.807) is 0 Å². The first-order valence-corrected chi connectivity index (χ1v) is 8.24. The number of H-pyrrole nitrogens is 1. The molecule has 24 heavy (non-hydrogen) atoms. The zero-order chi connectivity index (χ0) is 17.2. The molecule has 6 nitrogen and oxygen atoms in total. The molecule has 128 valence electrons. The fraction of sp³-hybridized carbons (Fsp3) is 0.444. The maximum atomic E-state index is 12.6. The highest BCUT2D eigenvalue weighted by molar-refractivity contribution is 5.90. The van der Waals surface area contributed by atoms with Gasteiger partial charge < -0.3 is 14.8 Å². The molecule has 1 aliphatic rings. The SMILES string of the molecule is COC(=O)C1(CCCCC(=O)O)NCCc2c1[nH]c1ccccc21. The van der Waals surface area contributed by atoms with E-state index >= 15 is 0 Å². The summed E-state index contributed by atoms with van der Waals surface area (Å²) >= 11 is 0. The Morgan fingerprint density at radius 1 is 1.29 bits per heavy atom. The number of hydrogen-bond donors (Lipinski definition) is 3. The Labute approximate surface area is 140 Å². The van der Waals surface area contributed by atoms with Crippen LogP contribution in [0.2, 0.25) is 0 Å². The van der Waals surface area contributed by atoms with E-state index in [1.165, 1.54) is 7.11 Å². The Morgan fingerprint density at radius 2 is 2.08 bits per heavy atom. The van der Waals surface area contributed by atoms with Crippen molar-refractivity contribution in [1.82, 2.24) is 10.3 Å². The lowest BCUT2D eigenvalue weighted by Crippen LogP contribution is -2.53. The molecule has 2 aromatic rings. The molecule has 1 aromatic heterocycles. The molecule has 0 fully saturated rings. The van der Waals surface area contributed by atoms with Crippen LogP contribution in [0.4, 0.5) is 0 Å². The number of nitrogens with one attached hydrogen (secondary N) is 2. The van der Waals surface area contributed by atoms with Crippen LogP contribution >= 0.6 is 0 Å². The predicted molar refractivity (Wildman–Crippen MR) is 89.8 cm³/mol. The number of carboxylic acids is 1. The monoisotopic (exact) mass is 330 g/mol. The maximum absolute atomic E-state index is 12.6. The summed E-state index contributed by atoms with van der Waals surface area (Å²) in [7, 11) is 1.39. The molecule has 1 aromatic carbocycles. The lowest BCUT2D eigenvalue weighted by Gasteiger charge is -2.36. The first-order valence-electron chi connectivity index (χ1n) is 8.24. The third kappa shape index (κ3) is 2.78. The molecule has 0 saturated carbocycles. The number of ether oxygens (including phenoxy) is 1. The van der Waals surface area contributed by atoms with Gasteiger partial charge in [-0.3, -0.25) is 10.1 Å². The largest absolute Gasteiger partial charge is 0.481 e. The Morgan fingerprint density at radius 3 is 2.83 bits per heavy atom. The van der Waals surface area contributed by atoms with Crippen LogP contribution in [-0.2, 0) is 26.3 Å². The van der Waals surface area contributed by atoms with Gasteiger partial charge in [0.1, 0.15) is 0 Å². The second kappa shape index (κ2) is 6.65. The molecule has 0 amide bonds. The van der Waals surface area contributed by atoms with Crippen molar-refractivity contribution in [3.8, 4) is 0 Å². The average Bonchev–Trinajstić information content (AvgIpc) is 2.97. The summed E-state index contributed by atoms with van der Waals surface area (Å²) in [5.41, 5.74) is 2.08. The van der Waals surface area contributed by atoms with E-state index in [-0.39, 0.29) is 12.4 Å². The van der Waals surface area contributed by atoms with Crippen LogP contribution in [0.25, 0.3) is 10.9 Å². The number of aromatic nitrogens is 1. The summed E-state index contributed by atoms with van der Waals surface area (Å²) in [6.45, 7) is 0.683. The van der Waals surface area contributed by atoms with Crippen molar-refractivity contribution >= 4 is 22.8 Å². The first-order chi connectivity index (χ1) is 11.6. The zero-order valence-electron chi connectivity index (χ0n) is 13.7. The number of rotatable bonds is 6. The molecule has 0 radical (unpaired) electrons. The van der Waals surface area contributed by atoms with Crippen LogP contribution in [0.3, 0.4) is 0 Å². The standard InChI is InChI=1S/C18H22N2O4/c1-24-17(23)18(10-5-4-8-15(21)22)16-13(9-11-19-18)12-6-2-3-7-14(12)20-16/h2-3,6-7,19-20H,4-5,8-11H2,1H3,(H,21,22). The minimum atomic E-state index is -0.931. The average molecular weight is 330 g/mol. The smallest absolute Gasteiger partial charge is 0.332 e. The first kappa shape index (κ1) is 16.5. The van der Waals surface area contributed by atoms with Crippen LogP contribution in [0.15, 0.2) is 24.3 Å². The van der Waals surface area contributed by atoms with Crippen molar-refractivity contribution in [3.05, 3.63) is 35.5 Å². The zero-order valence-corrected chi connectivity index (χ0v) is 13.7. The van der Waals surface area contributed by atoms with Crippen molar-refractivity contribution in [2.45, 2.75) is 37.6 Å². The fourth-order valence-electron chi connectivity index (χ4n) is 3.64. The molecule has 1 aliphatic heterocycles. The van der Waals surface area contributed by atoms with E-state index in [0.29, 0.717) is 25.8 Å². The molecule has 0 saturated heterocycles. The van der Waals surface area contributed by atoms with Gasteiger partial charge in [-0.1, -0.05) is 24.6 Å². The van der Waals surface area contributed by atoms with Crippen molar-refractivity contribution in [1.29, 1.82) is 0 Å². The van der Waals surface area contributed by atoms with E-state index < -0.39 is 11.5 Å². The number of carbonyl (C=O) groups excluding carboxylic acids is 1. The summed E-state index contributed by atoms with van der Waals surface area (Å²) in [5.74, 6) is -1.14. The Kier molecular flexibility index (Phi) is 4.57. The number of hydrogen-bond acceptors (Lipinski definition) is 4. The number of unbranched alkanes of at least 4 members (excludes halogenated alkanes) is 1. The van der Waals surface area contributed by atoms with Gasteiger partial charge in [0.2, 0.25) is 0 Å². The van der Waals surface area contributed by atoms with Gasteiger partial charge in [0, 0.05) is 23.9 Å². The molecule has 0 spiro atoms. The van der Waals surface area contributed by atoms with Crippen LogP contribution in [0, 0.1) is 0 Å². The lowest BCUT2D eigenvalue weighted by atomic mass is 9.82. The van der Waals surface area contributed by atoms with Crippen LogP contribution in [0.1, 0.15) is 36.9 Å². The molecule has 3 rings (SSSR count). The van der Waals surface area contributed by atoms with Crippen LogP contribution < -0.4 is 5.32 Å². The summed E-state index contributed by atoms with van der Waals surface area (Å²) in [5, 5.41) is 13.3. The Hall–Kier alpha value is -2.34. The summed E-state index contributed by atoms with van der Waals surface area (Å²) < 4.78 is 5.09. The van der Waals surface area contributed by atoms with E-state index in [1.807, 2.05) is 18.2 Å². The topological polar surface area (TPSA) is 91.4 Å². The molecule has 1 unspecified atom stereocenters. The number of fused-ring (bicyclic) bond motifs is 3. The molecule has 0 bridgehead atoms. The van der Waals surface area contributed by atoms with Crippen LogP contribution in [0.5, 0.6) is 0 Å². The number of aliphatic carboxylic acids is 1. The van der Waals surface area contributed by atoms with E-state index in [0.717, 1.165) is 28.6 Å². The van der Waals surface area contributed by atoms with Crippen molar-refractivity contribution in [2.24, 2.45) is 0 Å². The second-order valence-corrected chi connectivity index (χ2v) is 6.20. The predicted octanol–water partition coefficient (Wildman–Crippen LogP) is 2.33. The fourth-order valence-corrected chi connectivity index (χ4v) is 3.64. The molecule has 2 heterocycles. The number of carboxylic acid groups (broad SMARTS) is 1. The molecular weight excluding hydrogens is 308 g/mol. The number of esters is 1. The van der Waals surface area contributed by atoms with Gasteiger partial charge in [0.15, 0.2) is 5.54 Å². The Balaban J connectivity index is 1.98. The van der Waals surface area contributed by atoms with E-state index in [9.17, 15) is 9.59 Å². The highest BCUT2D eigenvalue weighted by Crippen LogP contribution is 2.37. The number of carbonyl (C=O) groups is 2. The molecular formula is C18H22N2O4. The molecule has 6 heteroatoms. The number of aromatic amines is 1. The third-order valence-electron chi connectivity index (χ3n) is 4.77. The maximum Gasteiger partial charge on any atom is 0.332 e. The summed E-state index contributed by atoms with van der Waals surface area (Å²) in [6, 6.07) is 8.01. The summed E-state index contributed by atoms with van der Waals surface area (Å²) in [6.07, 6.45) is 2.62. The van der Waals surface area contributed by atoms with Gasteiger partial charge in [-0.15, -0.1) is 0 Å². The molecule has 3 N–H and O–H groups in total. The van der Waals surface area contributed by atoms with Gasteiger partial charge >= 0.3 is 11.9 Å².